The van der Waals surface area contributed by atoms with E-state index in [1.54, 1.807) is 11.3 Å². The molecule has 1 aliphatic carbocycles. The molecule has 0 spiro atoms. The molecule has 0 bridgehead atoms. The molecule has 1 saturated carbocycles. The Bertz CT molecular complexity index is 787. The van der Waals surface area contributed by atoms with Crippen LogP contribution in [0.3, 0.4) is 0 Å². The van der Waals surface area contributed by atoms with E-state index in [-0.39, 0.29) is 11.6 Å². The molecule has 3 rings (SSSR count). The molecule has 2 heterocycles. The van der Waals surface area contributed by atoms with Crippen molar-refractivity contribution >= 4 is 45.5 Å². The van der Waals surface area contributed by atoms with Gasteiger partial charge in [-0.05, 0) is 57.1 Å². The number of aromatic amines is 1. The quantitative estimate of drug-likeness (QED) is 0.813. The smallest absolute Gasteiger partial charge is 0.263 e. The molecule has 6 heteroatoms. The highest BCUT2D eigenvalue weighted by molar-refractivity contribution is 7.99. The van der Waals surface area contributed by atoms with Gasteiger partial charge >= 0.3 is 0 Å². The van der Waals surface area contributed by atoms with Crippen LogP contribution >= 0.6 is 35.3 Å². The van der Waals surface area contributed by atoms with E-state index in [1.165, 1.54) is 17.7 Å². The maximum Gasteiger partial charge on any atom is 0.263 e. The number of nitrogens with one attached hydrogen (secondary N) is 1. The molecule has 21 heavy (non-hydrogen) atoms. The van der Waals surface area contributed by atoms with Crippen LogP contribution in [0, 0.1) is 18.6 Å². The molecule has 0 aromatic carbocycles. The lowest BCUT2D eigenvalue weighted by atomic mass is 9.94. The predicted molar refractivity (Wildman–Crippen MR) is 95.6 cm³/mol. The van der Waals surface area contributed by atoms with Crippen molar-refractivity contribution < 1.29 is 0 Å². The number of H-pyrrole nitrogens is 1. The minimum absolute atomic E-state index is 0.0994. The predicted octanol–water partition coefficient (Wildman–Crippen LogP) is 4.58. The largest absolute Gasteiger partial charge is 0.323 e. The lowest BCUT2D eigenvalue weighted by molar-refractivity contribution is 0.349. The molecule has 1 N–H and O–H groups in total. The van der Waals surface area contributed by atoms with Crippen molar-refractivity contribution in [2.24, 2.45) is 0 Å². The molecule has 2 atom stereocenters. The summed E-state index contributed by atoms with van der Waals surface area (Å²) in [5.41, 5.74) is 1.19. The summed E-state index contributed by atoms with van der Waals surface area (Å²) in [6.07, 6.45) is 6.69. The van der Waals surface area contributed by atoms with Gasteiger partial charge in [-0.3, -0.25) is 9.36 Å². The second kappa shape index (κ2) is 5.89. The first kappa shape index (κ1) is 15.3. The van der Waals surface area contributed by atoms with Crippen molar-refractivity contribution in [3.63, 3.8) is 0 Å². The summed E-state index contributed by atoms with van der Waals surface area (Å²) < 4.78 is 2.43. The minimum atomic E-state index is 0.0994. The van der Waals surface area contributed by atoms with E-state index in [0.29, 0.717) is 10.0 Å². The molecule has 2 aromatic rings. The summed E-state index contributed by atoms with van der Waals surface area (Å²) in [5, 5.41) is 1.48. The van der Waals surface area contributed by atoms with Gasteiger partial charge in [-0.1, -0.05) is 6.42 Å². The molecule has 2 unspecified atom stereocenters. The topological polar surface area (TPSA) is 37.8 Å². The van der Waals surface area contributed by atoms with E-state index in [2.05, 4.69) is 18.2 Å². The molecule has 0 amide bonds. The average Bonchev–Trinajstić information content (AvgIpc) is 2.74. The van der Waals surface area contributed by atoms with E-state index in [0.717, 1.165) is 28.6 Å². The normalized spacial score (nSPS) is 22.8. The van der Waals surface area contributed by atoms with Crippen molar-refractivity contribution in [1.82, 2.24) is 9.55 Å². The van der Waals surface area contributed by atoms with Gasteiger partial charge in [-0.25, -0.2) is 0 Å². The Morgan fingerprint density at radius 2 is 2.14 bits per heavy atom. The Labute approximate surface area is 137 Å². The van der Waals surface area contributed by atoms with Gasteiger partial charge in [0.05, 0.1) is 5.39 Å². The Morgan fingerprint density at radius 3 is 2.86 bits per heavy atom. The number of hydrogen-bond acceptors (Lipinski definition) is 4. The maximum absolute atomic E-state index is 13.0. The zero-order chi connectivity index (χ0) is 15.1. The number of fused-ring (bicyclic) bond motifs is 1. The van der Waals surface area contributed by atoms with Crippen molar-refractivity contribution in [1.29, 1.82) is 0 Å². The lowest BCUT2D eigenvalue weighted by Gasteiger charge is -2.29. The Balaban J connectivity index is 2.16. The third kappa shape index (κ3) is 2.62. The summed E-state index contributed by atoms with van der Waals surface area (Å²) >= 11 is 9.02. The lowest BCUT2D eigenvalue weighted by Crippen LogP contribution is -2.30. The second-order valence-corrected chi connectivity index (χ2v) is 8.52. The Morgan fingerprint density at radius 1 is 1.38 bits per heavy atom. The number of aryl methyl sites for hydroxylation is 2. The number of hydrogen-bond donors (Lipinski definition) is 1. The van der Waals surface area contributed by atoms with Gasteiger partial charge in [0.25, 0.3) is 5.56 Å². The fraction of sp³-hybridized carbons (Fsp3) is 0.600. The van der Waals surface area contributed by atoms with Crippen molar-refractivity contribution in [3.05, 3.63) is 25.6 Å². The third-order valence-corrected chi connectivity index (χ3v) is 7.07. The van der Waals surface area contributed by atoms with Crippen LogP contribution in [-0.2, 0) is 0 Å². The van der Waals surface area contributed by atoms with Crippen LogP contribution in [0.5, 0.6) is 0 Å². The number of aromatic nitrogens is 2. The van der Waals surface area contributed by atoms with Crippen LogP contribution in [-0.4, -0.2) is 21.1 Å². The van der Waals surface area contributed by atoms with Gasteiger partial charge in [-0.15, -0.1) is 11.3 Å². The van der Waals surface area contributed by atoms with Gasteiger partial charge in [0, 0.05) is 16.2 Å². The van der Waals surface area contributed by atoms with Gasteiger partial charge in [0.2, 0.25) is 0 Å². The average molecular weight is 341 g/mol. The molecule has 1 fully saturated rings. The number of thiophene rings is 1. The van der Waals surface area contributed by atoms with E-state index in [9.17, 15) is 4.79 Å². The first-order valence-corrected chi connectivity index (χ1v) is 9.81. The number of nitrogens with zero attached hydrogens (tertiary/aromatic N) is 1. The second-order valence-electron chi connectivity index (χ2n) is 5.77. The Hall–Kier alpha value is -0.590. The summed E-state index contributed by atoms with van der Waals surface area (Å²) in [5.74, 6) is 0. The number of thioether (sulfide) groups is 1. The molecular formula is C15H20N2OS3. The molecule has 2 aromatic heterocycles. The van der Waals surface area contributed by atoms with Crippen LogP contribution in [0.25, 0.3) is 10.2 Å². The van der Waals surface area contributed by atoms with Crippen molar-refractivity contribution in [2.45, 2.75) is 50.8 Å². The standard InChI is InChI=1S/C15H20N2OS3/c1-8-9(2)21-13-12(8)14(18)17(15(19)16-13)10-5-4-6-11(7-10)20-3/h10-11H,4-7H2,1-3H3,(H,16,19). The fourth-order valence-electron chi connectivity index (χ4n) is 3.24. The monoisotopic (exact) mass is 340 g/mol. The molecule has 0 saturated heterocycles. The number of rotatable bonds is 2. The van der Waals surface area contributed by atoms with E-state index < -0.39 is 0 Å². The molecule has 114 valence electrons. The summed E-state index contributed by atoms with van der Waals surface area (Å²) in [7, 11) is 0. The zero-order valence-corrected chi connectivity index (χ0v) is 15.0. The van der Waals surface area contributed by atoms with E-state index in [4.69, 9.17) is 12.2 Å². The highest BCUT2D eigenvalue weighted by Gasteiger charge is 2.25. The summed E-state index contributed by atoms with van der Waals surface area (Å²) in [6.45, 7) is 4.09. The third-order valence-electron chi connectivity index (χ3n) is 4.55. The first-order chi connectivity index (χ1) is 10.0. The van der Waals surface area contributed by atoms with E-state index in [1.807, 2.05) is 23.3 Å². The minimum Gasteiger partial charge on any atom is -0.323 e. The van der Waals surface area contributed by atoms with Crippen LogP contribution in [0.2, 0.25) is 0 Å². The van der Waals surface area contributed by atoms with Gasteiger partial charge in [0.15, 0.2) is 4.77 Å². The van der Waals surface area contributed by atoms with Gasteiger partial charge < -0.3 is 4.98 Å². The highest BCUT2D eigenvalue weighted by Crippen LogP contribution is 2.34. The van der Waals surface area contributed by atoms with Crippen LogP contribution < -0.4 is 5.56 Å². The first-order valence-electron chi connectivity index (χ1n) is 7.30. The Kier molecular flexibility index (Phi) is 4.30. The molecular weight excluding hydrogens is 320 g/mol. The van der Waals surface area contributed by atoms with Gasteiger partial charge in [0.1, 0.15) is 4.83 Å². The van der Waals surface area contributed by atoms with Crippen LogP contribution in [0.15, 0.2) is 4.79 Å². The van der Waals surface area contributed by atoms with Crippen molar-refractivity contribution in [3.8, 4) is 0 Å². The summed E-state index contributed by atoms with van der Waals surface area (Å²) in [6, 6.07) is 0.247. The molecule has 1 aliphatic rings. The van der Waals surface area contributed by atoms with Crippen molar-refractivity contribution in [2.75, 3.05) is 6.26 Å². The van der Waals surface area contributed by atoms with Crippen LogP contribution in [0.4, 0.5) is 0 Å². The molecule has 0 aliphatic heterocycles. The highest BCUT2D eigenvalue weighted by atomic mass is 32.2. The van der Waals surface area contributed by atoms with Crippen LogP contribution in [0.1, 0.15) is 42.2 Å². The fourth-order valence-corrected chi connectivity index (χ4v) is 5.51. The van der Waals surface area contributed by atoms with E-state index >= 15 is 0 Å². The summed E-state index contributed by atoms with van der Waals surface area (Å²) in [4.78, 5) is 18.3. The SMILES string of the molecule is CSC1CCCC(n2c(=S)[nH]c3sc(C)c(C)c3c2=O)C1. The molecule has 3 nitrogen and oxygen atoms in total. The molecule has 0 radical (unpaired) electrons. The zero-order valence-electron chi connectivity index (χ0n) is 12.6. The van der Waals surface area contributed by atoms with Gasteiger partial charge in [-0.2, -0.15) is 11.8 Å². The maximum atomic E-state index is 13.0.